The molecule has 0 unspecified atom stereocenters. The normalized spacial score (nSPS) is 10.5. The summed E-state index contributed by atoms with van der Waals surface area (Å²) in [4.78, 5) is 10.9. The molecule has 19 heavy (non-hydrogen) atoms. The van der Waals surface area contributed by atoms with E-state index in [1.54, 1.807) is 25.1 Å². The van der Waals surface area contributed by atoms with Crippen LogP contribution >= 0.6 is 27.5 Å². The van der Waals surface area contributed by atoms with Crippen molar-refractivity contribution in [3.8, 4) is 5.75 Å². The fourth-order valence-corrected chi connectivity index (χ4v) is 2.37. The summed E-state index contributed by atoms with van der Waals surface area (Å²) >= 11 is 9.15. The van der Waals surface area contributed by atoms with E-state index >= 15 is 0 Å². The Balaban J connectivity index is 2.10. The zero-order valence-corrected chi connectivity index (χ0v) is 12.3. The fraction of sp³-hybridized carbons (Fsp3) is 0.154. The molecule has 0 atom stereocenters. The minimum absolute atomic E-state index is 0.147. The molecule has 0 saturated carbocycles. The highest BCUT2D eigenvalue weighted by molar-refractivity contribution is 9.10. The highest BCUT2D eigenvalue weighted by Crippen LogP contribution is 2.29. The number of rotatable bonds is 4. The summed E-state index contributed by atoms with van der Waals surface area (Å²) in [7, 11) is 0. The number of hydrogen-bond donors (Lipinski definition) is 1. The van der Waals surface area contributed by atoms with E-state index in [1.807, 2.05) is 0 Å². The first kappa shape index (κ1) is 14.0. The fourth-order valence-electron chi connectivity index (χ4n) is 1.57. The van der Waals surface area contributed by atoms with Gasteiger partial charge in [0.2, 0.25) is 0 Å². The summed E-state index contributed by atoms with van der Waals surface area (Å²) in [6, 6.07) is 6.60. The van der Waals surface area contributed by atoms with Crippen molar-refractivity contribution in [1.82, 2.24) is 0 Å². The monoisotopic (exact) mass is 344 g/mol. The summed E-state index contributed by atoms with van der Waals surface area (Å²) in [5, 5.41) is 9.51. The Morgan fingerprint density at radius 2 is 2.21 bits per heavy atom. The number of aryl methyl sites for hydroxylation is 1. The molecule has 1 N–H and O–H groups in total. The number of benzene rings is 1. The van der Waals surface area contributed by atoms with Crippen LogP contribution in [0.1, 0.15) is 21.9 Å². The molecular formula is C13H10BrClO4. The minimum atomic E-state index is -1.01. The van der Waals surface area contributed by atoms with Crippen LogP contribution in [0.4, 0.5) is 0 Å². The average Bonchev–Trinajstić information content (AvgIpc) is 2.69. The van der Waals surface area contributed by atoms with Crippen LogP contribution < -0.4 is 4.74 Å². The molecule has 0 bridgehead atoms. The maximum Gasteiger partial charge on any atom is 0.339 e. The summed E-state index contributed by atoms with van der Waals surface area (Å²) in [6.45, 7) is 1.75. The molecule has 2 rings (SSSR count). The lowest BCUT2D eigenvalue weighted by Crippen LogP contribution is -1.96. The van der Waals surface area contributed by atoms with Gasteiger partial charge in [0.25, 0.3) is 0 Å². The van der Waals surface area contributed by atoms with Crippen molar-refractivity contribution in [2.24, 2.45) is 0 Å². The van der Waals surface area contributed by atoms with Crippen molar-refractivity contribution in [2.75, 3.05) is 0 Å². The minimum Gasteiger partial charge on any atom is -0.484 e. The Morgan fingerprint density at radius 3 is 2.79 bits per heavy atom. The largest absolute Gasteiger partial charge is 0.484 e. The second-order valence-corrected chi connectivity index (χ2v) is 5.14. The molecule has 0 aliphatic carbocycles. The topological polar surface area (TPSA) is 59.7 Å². The Labute approximate surface area is 123 Å². The highest BCUT2D eigenvalue weighted by Gasteiger charge is 2.14. The third-order valence-electron chi connectivity index (χ3n) is 2.46. The number of ether oxygens (including phenoxy) is 1. The van der Waals surface area contributed by atoms with Gasteiger partial charge in [0.15, 0.2) is 0 Å². The summed E-state index contributed by atoms with van der Waals surface area (Å²) < 4.78 is 11.6. The van der Waals surface area contributed by atoms with Crippen LogP contribution in [0.15, 0.2) is 33.2 Å². The first-order chi connectivity index (χ1) is 8.97. The number of aromatic carboxylic acids is 1. The van der Waals surface area contributed by atoms with Gasteiger partial charge in [-0.15, -0.1) is 0 Å². The number of hydrogen-bond acceptors (Lipinski definition) is 3. The maximum absolute atomic E-state index is 10.9. The van der Waals surface area contributed by atoms with Gasteiger partial charge in [-0.3, -0.25) is 0 Å². The number of halogens is 2. The van der Waals surface area contributed by atoms with Gasteiger partial charge in [-0.2, -0.15) is 0 Å². The molecule has 1 heterocycles. The molecule has 0 spiro atoms. The van der Waals surface area contributed by atoms with E-state index in [4.69, 9.17) is 25.9 Å². The first-order valence-corrected chi connectivity index (χ1v) is 6.55. The molecule has 0 aliphatic heterocycles. The highest BCUT2D eigenvalue weighted by atomic mass is 79.9. The Kier molecular flexibility index (Phi) is 4.17. The molecule has 0 radical (unpaired) electrons. The summed E-state index contributed by atoms with van der Waals surface area (Å²) in [5.41, 5.74) is 0.147. The van der Waals surface area contributed by atoms with Crippen molar-refractivity contribution in [3.63, 3.8) is 0 Å². The third-order valence-corrected chi connectivity index (χ3v) is 3.32. The van der Waals surface area contributed by atoms with E-state index in [9.17, 15) is 4.79 Å². The van der Waals surface area contributed by atoms with E-state index in [-0.39, 0.29) is 12.2 Å². The Morgan fingerprint density at radius 1 is 1.47 bits per heavy atom. The molecule has 0 fully saturated rings. The van der Waals surface area contributed by atoms with Crippen LogP contribution in [0.5, 0.6) is 5.75 Å². The lowest BCUT2D eigenvalue weighted by molar-refractivity contribution is 0.0695. The van der Waals surface area contributed by atoms with E-state index < -0.39 is 5.97 Å². The van der Waals surface area contributed by atoms with E-state index in [2.05, 4.69) is 15.9 Å². The molecule has 2 aromatic rings. The molecular weight excluding hydrogens is 335 g/mol. The van der Waals surface area contributed by atoms with Gasteiger partial charge in [0, 0.05) is 5.02 Å². The van der Waals surface area contributed by atoms with Gasteiger partial charge >= 0.3 is 5.97 Å². The quantitative estimate of drug-likeness (QED) is 0.898. The van der Waals surface area contributed by atoms with Gasteiger partial charge in [0.05, 0.1) is 4.47 Å². The number of carboxylic acid groups (broad SMARTS) is 1. The molecule has 0 amide bonds. The molecule has 1 aromatic carbocycles. The summed E-state index contributed by atoms with van der Waals surface area (Å²) in [5.74, 6) is 0.411. The lowest BCUT2D eigenvalue weighted by atomic mass is 10.2. The first-order valence-electron chi connectivity index (χ1n) is 5.38. The van der Waals surface area contributed by atoms with Gasteiger partial charge in [-0.25, -0.2) is 4.79 Å². The van der Waals surface area contributed by atoms with Crippen molar-refractivity contribution in [3.05, 3.63) is 50.8 Å². The molecule has 100 valence electrons. The second-order valence-electron chi connectivity index (χ2n) is 3.85. The van der Waals surface area contributed by atoms with Gasteiger partial charge in [0.1, 0.15) is 29.4 Å². The van der Waals surface area contributed by atoms with Crippen LogP contribution in [0, 0.1) is 6.92 Å². The average molecular weight is 346 g/mol. The van der Waals surface area contributed by atoms with Crippen molar-refractivity contribution in [2.45, 2.75) is 13.5 Å². The van der Waals surface area contributed by atoms with E-state index in [0.717, 1.165) is 4.47 Å². The van der Waals surface area contributed by atoms with Crippen LogP contribution in [-0.4, -0.2) is 11.1 Å². The van der Waals surface area contributed by atoms with Crippen LogP contribution in [0.25, 0.3) is 0 Å². The van der Waals surface area contributed by atoms with Crippen molar-refractivity contribution in [1.29, 1.82) is 0 Å². The smallest absolute Gasteiger partial charge is 0.339 e. The van der Waals surface area contributed by atoms with Crippen LogP contribution in [0.3, 0.4) is 0 Å². The zero-order chi connectivity index (χ0) is 14.0. The van der Waals surface area contributed by atoms with Crippen molar-refractivity contribution < 1.29 is 19.1 Å². The Bertz CT molecular complexity index is 621. The summed E-state index contributed by atoms with van der Waals surface area (Å²) in [6.07, 6.45) is 0. The van der Waals surface area contributed by atoms with Crippen LogP contribution in [0.2, 0.25) is 5.02 Å². The SMILES string of the molecule is Cc1oc(COc2ccc(Cl)cc2Br)cc1C(=O)O. The molecule has 0 saturated heterocycles. The maximum atomic E-state index is 10.9. The lowest BCUT2D eigenvalue weighted by Gasteiger charge is -2.06. The predicted octanol–water partition coefficient (Wildman–Crippen LogP) is 4.28. The standard InChI is InChI=1S/C13H10BrClO4/c1-7-10(13(16)17)5-9(19-7)6-18-12-3-2-8(15)4-11(12)14/h2-5H,6H2,1H3,(H,16,17). The molecule has 0 aliphatic rings. The molecule has 1 aromatic heterocycles. The van der Waals surface area contributed by atoms with Gasteiger partial charge in [-0.1, -0.05) is 11.6 Å². The second kappa shape index (κ2) is 5.67. The van der Waals surface area contributed by atoms with Crippen molar-refractivity contribution >= 4 is 33.5 Å². The number of furan rings is 1. The van der Waals surface area contributed by atoms with Crippen LogP contribution in [-0.2, 0) is 6.61 Å². The predicted molar refractivity (Wildman–Crippen MR) is 73.9 cm³/mol. The van der Waals surface area contributed by atoms with E-state index in [0.29, 0.717) is 22.3 Å². The molecule has 6 heteroatoms. The zero-order valence-electron chi connectivity index (χ0n) is 9.94. The molecule has 4 nitrogen and oxygen atoms in total. The van der Waals surface area contributed by atoms with E-state index in [1.165, 1.54) is 6.07 Å². The van der Waals surface area contributed by atoms with Gasteiger partial charge < -0.3 is 14.3 Å². The third kappa shape index (κ3) is 3.30. The Hall–Kier alpha value is -1.46. The van der Waals surface area contributed by atoms with Gasteiger partial charge in [-0.05, 0) is 47.1 Å². The number of carbonyl (C=O) groups is 1. The number of carboxylic acids is 1.